The first-order valence-corrected chi connectivity index (χ1v) is 10.6. The van der Waals surface area contributed by atoms with Crippen molar-refractivity contribution < 1.29 is 19.1 Å². The highest BCUT2D eigenvalue weighted by molar-refractivity contribution is 5.89. The molecule has 0 amide bonds. The molecule has 0 heterocycles. The second-order valence-electron chi connectivity index (χ2n) is 7.17. The van der Waals surface area contributed by atoms with E-state index in [4.69, 9.17) is 9.47 Å². The Bertz CT molecular complexity index is 999. The van der Waals surface area contributed by atoms with Crippen LogP contribution in [-0.4, -0.2) is 11.9 Å². The van der Waals surface area contributed by atoms with Crippen LogP contribution in [-0.2, 0) is 22.4 Å². The summed E-state index contributed by atoms with van der Waals surface area (Å²) < 4.78 is 10.6. The molecule has 0 bridgehead atoms. The van der Waals surface area contributed by atoms with Gasteiger partial charge in [-0.1, -0.05) is 62.4 Å². The van der Waals surface area contributed by atoms with Crippen LogP contribution in [0.5, 0.6) is 11.5 Å². The van der Waals surface area contributed by atoms with Crippen molar-refractivity contribution in [1.29, 1.82) is 0 Å². The largest absolute Gasteiger partial charge is 0.423 e. The Morgan fingerprint density at radius 2 is 0.938 bits per heavy atom. The maximum atomic E-state index is 12.0. The van der Waals surface area contributed by atoms with Gasteiger partial charge in [0.1, 0.15) is 11.5 Å². The molecule has 0 saturated heterocycles. The van der Waals surface area contributed by atoms with Crippen molar-refractivity contribution in [3.05, 3.63) is 107 Å². The first-order chi connectivity index (χ1) is 15.6. The number of benzene rings is 3. The fourth-order valence-corrected chi connectivity index (χ4v) is 2.93. The van der Waals surface area contributed by atoms with Gasteiger partial charge in [-0.3, -0.25) is 0 Å². The maximum absolute atomic E-state index is 12.0. The van der Waals surface area contributed by atoms with E-state index in [1.807, 2.05) is 48.5 Å². The lowest BCUT2D eigenvalue weighted by atomic mass is 10.1. The first-order valence-electron chi connectivity index (χ1n) is 10.6. The van der Waals surface area contributed by atoms with Gasteiger partial charge in [-0.2, -0.15) is 0 Å². The van der Waals surface area contributed by atoms with Gasteiger partial charge in [-0.15, -0.1) is 0 Å². The van der Waals surface area contributed by atoms with Gasteiger partial charge in [-0.05, 0) is 71.5 Å². The third kappa shape index (κ3) is 7.10. The van der Waals surface area contributed by atoms with Crippen LogP contribution in [0.25, 0.3) is 12.2 Å². The highest BCUT2D eigenvalue weighted by Gasteiger charge is 2.04. The fourth-order valence-electron chi connectivity index (χ4n) is 2.93. The van der Waals surface area contributed by atoms with E-state index >= 15 is 0 Å². The summed E-state index contributed by atoms with van der Waals surface area (Å²) in [5.74, 6) is -0.225. The molecule has 0 aliphatic carbocycles. The number of carbonyl (C=O) groups excluding carboxylic acids is 2. The van der Waals surface area contributed by atoms with Gasteiger partial charge in [0.25, 0.3) is 0 Å². The smallest absolute Gasteiger partial charge is 0.336 e. The standard InChI is InChI=1S/C28H26O4/c1-3-21-5-9-23(10-6-21)13-19-27(29)31-25-15-17-26(18-16-25)32-28(30)20-14-24-11-7-22(4-2)8-12-24/h5-20H,3-4H2,1-2H3/b19-13+,20-14+. The minimum atomic E-state index is -0.480. The molecule has 3 aromatic carbocycles. The van der Waals surface area contributed by atoms with E-state index in [1.54, 1.807) is 36.4 Å². The molecule has 0 radical (unpaired) electrons. The van der Waals surface area contributed by atoms with Crippen LogP contribution in [0.2, 0.25) is 0 Å². The van der Waals surface area contributed by atoms with E-state index in [-0.39, 0.29) is 0 Å². The van der Waals surface area contributed by atoms with E-state index in [1.165, 1.54) is 23.3 Å². The molecule has 0 aliphatic heterocycles. The molecule has 32 heavy (non-hydrogen) atoms. The molecule has 0 aromatic heterocycles. The number of rotatable bonds is 8. The Morgan fingerprint density at radius 1 is 0.594 bits per heavy atom. The van der Waals surface area contributed by atoms with E-state index in [2.05, 4.69) is 13.8 Å². The fraction of sp³-hybridized carbons (Fsp3) is 0.143. The highest BCUT2D eigenvalue weighted by Crippen LogP contribution is 2.18. The number of carbonyl (C=O) groups is 2. The molecule has 162 valence electrons. The molecule has 0 N–H and O–H groups in total. The average Bonchev–Trinajstić information content (AvgIpc) is 2.83. The van der Waals surface area contributed by atoms with Gasteiger partial charge in [0.05, 0.1) is 0 Å². The van der Waals surface area contributed by atoms with E-state index in [0.717, 1.165) is 24.0 Å². The monoisotopic (exact) mass is 426 g/mol. The Morgan fingerprint density at radius 3 is 1.25 bits per heavy atom. The van der Waals surface area contributed by atoms with Crippen molar-refractivity contribution in [2.24, 2.45) is 0 Å². The highest BCUT2D eigenvalue weighted by atomic mass is 16.5. The van der Waals surface area contributed by atoms with Gasteiger partial charge in [0, 0.05) is 12.2 Å². The summed E-state index contributed by atoms with van der Waals surface area (Å²) in [6.45, 7) is 4.19. The summed E-state index contributed by atoms with van der Waals surface area (Å²) in [6.07, 6.45) is 8.13. The van der Waals surface area contributed by atoms with Gasteiger partial charge < -0.3 is 9.47 Å². The van der Waals surface area contributed by atoms with Gasteiger partial charge in [-0.25, -0.2) is 9.59 Å². The molecule has 0 unspecified atom stereocenters. The van der Waals surface area contributed by atoms with Gasteiger partial charge in [0.15, 0.2) is 0 Å². The zero-order chi connectivity index (χ0) is 22.8. The molecule has 0 fully saturated rings. The Kier molecular flexibility index (Phi) is 8.15. The number of hydrogen-bond acceptors (Lipinski definition) is 4. The second-order valence-corrected chi connectivity index (χ2v) is 7.17. The van der Waals surface area contributed by atoms with E-state index in [9.17, 15) is 9.59 Å². The minimum Gasteiger partial charge on any atom is -0.423 e. The molecule has 0 spiro atoms. The minimum absolute atomic E-state index is 0.368. The van der Waals surface area contributed by atoms with Crippen LogP contribution in [0.3, 0.4) is 0 Å². The molecular formula is C28H26O4. The van der Waals surface area contributed by atoms with Crippen LogP contribution in [0.15, 0.2) is 84.9 Å². The normalized spacial score (nSPS) is 11.1. The summed E-state index contributed by atoms with van der Waals surface area (Å²) in [6, 6.07) is 22.3. The van der Waals surface area contributed by atoms with Crippen LogP contribution in [0, 0.1) is 0 Å². The number of hydrogen-bond donors (Lipinski definition) is 0. The topological polar surface area (TPSA) is 52.6 Å². The molecule has 3 aromatic rings. The van der Waals surface area contributed by atoms with E-state index < -0.39 is 11.9 Å². The van der Waals surface area contributed by atoms with Crippen molar-refractivity contribution in [3.63, 3.8) is 0 Å². The lowest BCUT2D eigenvalue weighted by molar-refractivity contribution is -0.130. The van der Waals surface area contributed by atoms with Crippen molar-refractivity contribution in [3.8, 4) is 11.5 Å². The van der Waals surface area contributed by atoms with Crippen LogP contribution in [0.4, 0.5) is 0 Å². The summed E-state index contributed by atoms with van der Waals surface area (Å²) in [5.41, 5.74) is 4.34. The molecule has 4 heteroatoms. The summed E-state index contributed by atoms with van der Waals surface area (Å²) in [4.78, 5) is 24.1. The molecule has 0 aliphatic rings. The maximum Gasteiger partial charge on any atom is 0.336 e. The summed E-state index contributed by atoms with van der Waals surface area (Å²) in [5, 5.41) is 0. The lowest BCUT2D eigenvalue weighted by Crippen LogP contribution is -2.05. The van der Waals surface area contributed by atoms with Crippen molar-refractivity contribution >= 4 is 24.1 Å². The quantitative estimate of drug-likeness (QED) is 0.250. The lowest BCUT2D eigenvalue weighted by Gasteiger charge is -2.04. The predicted octanol–water partition coefficient (Wildman–Crippen LogP) is 6.05. The third-order valence-electron chi connectivity index (χ3n) is 4.86. The zero-order valence-electron chi connectivity index (χ0n) is 18.3. The van der Waals surface area contributed by atoms with Crippen LogP contribution < -0.4 is 9.47 Å². The number of aryl methyl sites for hydroxylation is 2. The molecule has 4 nitrogen and oxygen atoms in total. The third-order valence-corrected chi connectivity index (χ3v) is 4.86. The Balaban J connectivity index is 1.50. The molecule has 0 saturated carbocycles. The Hall–Kier alpha value is -3.92. The molecular weight excluding hydrogens is 400 g/mol. The van der Waals surface area contributed by atoms with Crippen molar-refractivity contribution in [2.45, 2.75) is 26.7 Å². The summed E-state index contributed by atoms with van der Waals surface area (Å²) in [7, 11) is 0. The zero-order valence-corrected chi connectivity index (χ0v) is 18.3. The van der Waals surface area contributed by atoms with Crippen LogP contribution >= 0.6 is 0 Å². The first kappa shape index (κ1) is 22.8. The predicted molar refractivity (Wildman–Crippen MR) is 127 cm³/mol. The Labute approximate surface area is 188 Å². The number of ether oxygens (including phenoxy) is 2. The SMILES string of the molecule is CCc1ccc(/C=C/C(=O)Oc2ccc(OC(=O)/C=C/c3ccc(CC)cc3)cc2)cc1. The summed E-state index contributed by atoms with van der Waals surface area (Å²) >= 11 is 0. The molecule has 0 atom stereocenters. The van der Waals surface area contributed by atoms with Crippen molar-refractivity contribution in [2.75, 3.05) is 0 Å². The number of esters is 2. The molecule has 3 rings (SSSR count). The average molecular weight is 427 g/mol. The van der Waals surface area contributed by atoms with E-state index in [0.29, 0.717) is 11.5 Å². The van der Waals surface area contributed by atoms with Gasteiger partial charge >= 0.3 is 11.9 Å². The van der Waals surface area contributed by atoms with Crippen LogP contribution in [0.1, 0.15) is 36.1 Å². The van der Waals surface area contributed by atoms with Gasteiger partial charge in [0.2, 0.25) is 0 Å². The second kappa shape index (κ2) is 11.5. The van der Waals surface area contributed by atoms with Crippen molar-refractivity contribution in [1.82, 2.24) is 0 Å².